The van der Waals surface area contributed by atoms with E-state index < -0.39 is 5.56 Å². The fourth-order valence-corrected chi connectivity index (χ4v) is 2.44. The number of nitrogens with one attached hydrogen (secondary N) is 1. The van der Waals surface area contributed by atoms with Crippen molar-refractivity contribution < 1.29 is 14.3 Å². The fraction of sp³-hybridized carbons (Fsp3) is 0.286. The number of hydrogen-bond donors (Lipinski definition) is 2. The van der Waals surface area contributed by atoms with Crippen LogP contribution in [0.15, 0.2) is 28.2 Å². The Kier molecular flexibility index (Phi) is 5.64. The van der Waals surface area contributed by atoms with Gasteiger partial charge >= 0.3 is 0 Å². The van der Waals surface area contributed by atoms with Gasteiger partial charge < -0.3 is 20.6 Å². The third kappa shape index (κ3) is 3.96. The van der Waals surface area contributed by atoms with Gasteiger partial charge in [0.2, 0.25) is 11.1 Å². The van der Waals surface area contributed by atoms with Crippen molar-refractivity contribution >= 4 is 23.4 Å². The van der Waals surface area contributed by atoms with Gasteiger partial charge in [0.15, 0.2) is 0 Å². The Labute approximate surface area is 142 Å². The van der Waals surface area contributed by atoms with Crippen molar-refractivity contribution in [1.82, 2.24) is 14.9 Å². The Morgan fingerprint density at radius 2 is 2.08 bits per heavy atom. The summed E-state index contributed by atoms with van der Waals surface area (Å²) in [6.07, 6.45) is 0. The highest BCUT2D eigenvalue weighted by atomic mass is 32.2. The summed E-state index contributed by atoms with van der Waals surface area (Å²) >= 11 is 1.01. The number of nitrogens with two attached hydrogens (primary N) is 1. The van der Waals surface area contributed by atoms with Crippen LogP contribution in [0.1, 0.15) is 5.69 Å². The molecule has 1 amide bonds. The van der Waals surface area contributed by atoms with Gasteiger partial charge in [-0.2, -0.15) is 4.68 Å². The SMILES string of the molecule is COc1ccc(NC(=O)CSc2nnc(C)c(=O)n2N)c(OC)c1. The number of aryl methyl sites for hydroxylation is 1. The molecule has 0 radical (unpaired) electrons. The summed E-state index contributed by atoms with van der Waals surface area (Å²) in [5.41, 5.74) is 0.239. The number of methoxy groups -OCH3 is 2. The van der Waals surface area contributed by atoms with Gasteiger partial charge in [0.05, 0.1) is 25.7 Å². The van der Waals surface area contributed by atoms with E-state index >= 15 is 0 Å². The third-order valence-electron chi connectivity index (χ3n) is 3.04. The van der Waals surface area contributed by atoms with Crippen LogP contribution >= 0.6 is 11.8 Å². The second-order valence-corrected chi connectivity index (χ2v) is 5.59. The van der Waals surface area contributed by atoms with Crippen molar-refractivity contribution in [3.05, 3.63) is 34.2 Å². The normalized spacial score (nSPS) is 10.3. The first-order valence-corrected chi connectivity index (χ1v) is 7.81. The summed E-state index contributed by atoms with van der Waals surface area (Å²) in [6, 6.07) is 5.03. The van der Waals surface area contributed by atoms with E-state index in [1.54, 1.807) is 25.3 Å². The number of nitrogen functional groups attached to an aromatic ring is 1. The molecule has 0 saturated heterocycles. The van der Waals surface area contributed by atoms with Gasteiger partial charge in [-0.15, -0.1) is 10.2 Å². The molecule has 3 N–H and O–H groups in total. The number of anilines is 1. The van der Waals surface area contributed by atoms with Gasteiger partial charge in [-0.1, -0.05) is 11.8 Å². The van der Waals surface area contributed by atoms with E-state index in [0.717, 1.165) is 16.4 Å². The standard InChI is InChI=1S/C14H17N5O4S/c1-8-13(21)19(15)14(18-17-8)24-7-12(20)16-10-5-4-9(22-2)6-11(10)23-3/h4-6H,7,15H2,1-3H3,(H,16,20). The van der Waals surface area contributed by atoms with E-state index in [4.69, 9.17) is 15.3 Å². The molecule has 0 saturated carbocycles. The fourth-order valence-electron chi connectivity index (χ4n) is 1.79. The zero-order valence-corrected chi connectivity index (χ0v) is 14.2. The number of benzene rings is 1. The number of aromatic nitrogens is 3. The Morgan fingerprint density at radius 3 is 2.75 bits per heavy atom. The monoisotopic (exact) mass is 351 g/mol. The first-order valence-electron chi connectivity index (χ1n) is 6.82. The molecule has 128 valence electrons. The Hall–Kier alpha value is -2.75. The molecule has 10 heteroatoms. The minimum absolute atomic E-state index is 0.00354. The maximum absolute atomic E-state index is 12.1. The Bertz CT molecular complexity index is 808. The van der Waals surface area contributed by atoms with Crippen LogP contribution in [0.4, 0.5) is 5.69 Å². The first-order chi connectivity index (χ1) is 11.5. The molecule has 1 aromatic heterocycles. The highest BCUT2D eigenvalue weighted by Crippen LogP contribution is 2.29. The van der Waals surface area contributed by atoms with Gasteiger partial charge in [-0.25, -0.2) is 0 Å². The van der Waals surface area contributed by atoms with Crippen LogP contribution in [0.25, 0.3) is 0 Å². The van der Waals surface area contributed by atoms with Crippen molar-refractivity contribution in [3.8, 4) is 11.5 Å². The first kappa shape index (κ1) is 17.6. The van der Waals surface area contributed by atoms with Crippen molar-refractivity contribution in [2.24, 2.45) is 0 Å². The van der Waals surface area contributed by atoms with Crippen molar-refractivity contribution in [1.29, 1.82) is 0 Å². The zero-order chi connectivity index (χ0) is 17.7. The summed E-state index contributed by atoms with van der Waals surface area (Å²) in [7, 11) is 3.03. The van der Waals surface area contributed by atoms with Crippen LogP contribution in [-0.2, 0) is 4.79 Å². The van der Waals surface area contributed by atoms with Crippen LogP contribution in [-0.4, -0.2) is 40.8 Å². The number of hydrogen-bond acceptors (Lipinski definition) is 8. The summed E-state index contributed by atoms with van der Waals surface area (Å²) in [5, 5.41) is 10.4. The average Bonchev–Trinajstić information content (AvgIpc) is 2.59. The predicted octanol–water partition coefficient (Wildman–Crippen LogP) is 0.409. The molecule has 2 aromatic rings. The minimum Gasteiger partial charge on any atom is -0.497 e. The van der Waals surface area contributed by atoms with E-state index in [1.165, 1.54) is 14.0 Å². The van der Waals surface area contributed by atoms with E-state index in [9.17, 15) is 9.59 Å². The van der Waals surface area contributed by atoms with Gasteiger partial charge in [0.25, 0.3) is 5.56 Å². The lowest BCUT2D eigenvalue weighted by Gasteiger charge is -2.11. The van der Waals surface area contributed by atoms with Gasteiger partial charge in [0, 0.05) is 6.07 Å². The molecule has 0 unspecified atom stereocenters. The molecule has 1 aromatic carbocycles. The summed E-state index contributed by atoms with van der Waals surface area (Å²) in [5.74, 6) is 6.39. The second kappa shape index (κ2) is 7.68. The summed E-state index contributed by atoms with van der Waals surface area (Å²) in [4.78, 5) is 23.7. The van der Waals surface area contributed by atoms with E-state index in [2.05, 4.69) is 15.5 Å². The topological polar surface area (TPSA) is 121 Å². The number of rotatable bonds is 6. The molecule has 0 fully saturated rings. The lowest BCUT2D eigenvalue weighted by molar-refractivity contribution is -0.113. The highest BCUT2D eigenvalue weighted by Gasteiger charge is 2.12. The molecule has 0 spiro atoms. The van der Waals surface area contributed by atoms with E-state index in [-0.39, 0.29) is 22.5 Å². The largest absolute Gasteiger partial charge is 0.497 e. The van der Waals surface area contributed by atoms with Gasteiger partial charge in [-0.3, -0.25) is 9.59 Å². The molecule has 0 atom stereocenters. The van der Waals surface area contributed by atoms with E-state index in [0.29, 0.717) is 17.2 Å². The predicted molar refractivity (Wildman–Crippen MR) is 90.1 cm³/mol. The average molecular weight is 351 g/mol. The molecule has 0 aliphatic carbocycles. The second-order valence-electron chi connectivity index (χ2n) is 4.65. The number of carbonyl (C=O) groups is 1. The molecule has 9 nitrogen and oxygen atoms in total. The van der Waals surface area contributed by atoms with Gasteiger partial charge in [0.1, 0.15) is 17.2 Å². The number of carbonyl (C=O) groups excluding carboxylic acids is 1. The summed E-state index contributed by atoms with van der Waals surface area (Å²) < 4.78 is 11.2. The number of amides is 1. The zero-order valence-electron chi connectivity index (χ0n) is 13.4. The Balaban J connectivity index is 2.04. The van der Waals surface area contributed by atoms with E-state index in [1.807, 2.05) is 0 Å². The van der Waals surface area contributed by atoms with Crippen LogP contribution < -0.4 is 26.2 Å². The Morgan fingerprint density at radius 1 is 1.33 bits per heavy atom. The summed E-state index contributed by atoms with van der Waals surface area (Å²) in [6.45, 7) is 1.51. The maximum Gasteiger partial charge on any atom is 0.294 e. The molecule has 2 rings (SSSR count). The molecule has 0 bridgehead atoms. The van der Waals surface area contributed by atoms with Crippen LogP contribution in [0.3, 0.4) is 0 Å². The molecular weight excluding hydrogens is 334 g/mol. The smallest absolute Gasteiger partial charge is 0.294 e. The molecule has 24 heavy (non-hydrogen) atoms. The number of ether oxygens (including phenoxy) is 2. The van der Waals surface area contributed by atoms with Crippen molar-refractivity contribution in [2.45, 2.75) is 12.1 Å². The molecule has 1 heterocycles. The van der Waals surface area contributed by atoms with Crippen LogP contribution in [0.2, 0.25) is 0 Å². The quantitative estimate of drug-likeness (QED) is 0.567. The van der Waals surface area contributed by atoms with Crippen molar-refractivity contribution in [3.63, 3.8) is 0 Å². The van der Waals surface area contributed by atoms with Gasteiger partial charge in [-0.05, 0) is 19.1 Å². The minimum atomic E-state index is -0.454. The molecule has 0 aliphatic heterocycles. The van der Waals surface area contributed by atoms with Crippen molar-refractivity contribution in [2.75, 3.05) is 31.1 Å². The number of nitrogens with zero attached hydrogens (tertiary/aromatic N) is 3. The maximum atomic E-state index is 12.1. The van der Waals surface area contributed by atoms with Crippen LogP contribution in [0.5, 0.6) is 11.5 Å². The lowest BCUT2D eigenvalue weighted by atomic mass is 10.2. The lowest BCUT2D eigenvalue weighted by Crippen LogP contribution is -2.32. The molecular formula is C14H17N5O4S. The highest BCUT2D eigenvalue weighted by molar-refractivity contribution is 7.99. The van der Waals surface area contributed by atoms with Crippen LogP contribution in [0, 0.1) is 6.92 Å². The molecule has 0 aliphatic rings. The third-order valence-corrected chi connectivity index (χ3v) is 3.98. The number of thioether (sulfide) groups is 1.